The molecule has 0 aliphatic carbocycles. The summed E-state index contributed by atoms with van der Waals surface area (Å²) in [7, 11) is 0. The molecule has 0 bridgehead atoms. The van der Waals surface area contributed by atoms with Gasteiger partial charge in [0, 0.05) is 12.6 Å². The lowest BCUT2D eigenvalue weighted by Gasteiger charge is -2.21. The van der Waals surface area contributed by atoms with Gasteiger partial charge in [-0.2, -0.15) is 0 Å². The number of fused-ring (bicyclic) bond motifs is 1. The van der Waals surface area contributed by atoms with Crippen LogP contribution in [-0.4, -0.2) is 18.3 Å². The molecule has 2 N–H and O–H groups in total. The van der Waals surface area contributed by atoms with Crippen LogP contribution in [0.5, 0.6) is 11.5 Å². The van der Waals surface area contributed by atoms with E-state index in [0.717, 1.165) is 16.7 Å². The number of benzene rings is 2. The summed E-state index contributed by atoms with van der Waals surface area (Å²) < 4.78 is 11.1. The van der Waals surface area contributed by atoms with Crippen LogP contribution in [0.4, 0.5) is 0 Å². The molecule has 0 saturated heterocycles. The van der Waals surface area contributed by atoms with Crippen LogP contribution in [0.3, 0.4) is 0 Å². The molecule has 23 heavy (non-hydrogen) atoms. The van der Waals surface area contributed by atoms with Crippen LogP contribution >= 0.6 is 11.6 Å². The maximum Gasteiger partial charge on any atom is 0.179 e. The Morgan fingerprint density at radius 3 is 2.83 bits per heavy atom. The first-order valence-electron chi connectivity index (χ1n) is 7.68. The Morgan fingerprint density at radius 2 is 2.00 bits per heavy atom. The van der Waals surface area contributed by atoms with E-state index < -0.39 is 0 Å². The van der Waals surface area contributed by atoms with Crippen LogP contribution in [0.2, 0.25) is 5.02 Å². The lowest BCUT2D eigenvalue weighted by atomic mass is 10.0. The van der Waals surface area contributed by atoms with E-state index in [4.69, 9.17) is 21.1 Å². The molecule has 1 unspecified atom stereocenters. The third-order valence-corrected chi connectivity index (χ3v) is 4.18. The zero-order valence-corrected chi connectivity index (χ0v) is 13.8. The van der Waals surface area contributed by atoms with Gasteiger partial charge in [-0.15, -0.1) is 0 Å². The molecule has 1 aliphatic rings. The first-order chi connectivity index (χ1) is 11.2. The van der Waals surface area contributed by atoms with E-state index >= 15 is 0 Å². The predicted molar refractivity (Wildman–Crippen MR) is 90.1 cm³/mol. The van der Waals surface area contributed by atoms with Crippen molar-refractivity contribution < 1.29 is 14.6 Å². The highest BCUT2D eigenvalue weighted by Crippen LogP contribution is 2.38. The minimum absolute atomic E-state index is 0.0539. The summed E-state index contributed by atoms with van der Waals surface area (Å²) in [5, 5.41) is 13.3. The van der Waals surface area contributed by atoms with E-state index in [1.807, 2.05) is 36.4 Å². The van der Waals surface area contributed by atoms with Crippen LogP contribution in [0.15, 0.2) is 36.4 Å². The first kappa shape index (κ1) is 16.1. The lowest BCUT2D eigenvalue weighted by molar-refractivity contribution is 0.171. The molecule has 4 nitrogen and oxygen atoms in total. The number of aliphatic hydroxyl groups excluding tert-OH is 1. The van der Waals surface area contributed by atoms with Crippen molar-refractivity contribution in [2.75, 3.05) is 13.2 Å². The van der Waals surface area contributed by atoms with E-state index in [9.17, 15) is 5.11 Å². The molecule has 1 aliphatic heterocycles. The van der Waals surface area contributed by atoms with Gasteiger partial charge in [0.1, 0.15) is 13.2 Å². The largest absolute Gasteiger partial charge is 0.486 e. The van der Waals surface area contributed by atoms with Gasteiger partial charge >= 0.3 is 0 Å². The Bertz CT molecular complexity index is 690. The van der Waals surface area contributed by atoms with Crippen molar-refractivity contribution >= 4 is 11.6 Å². The third-order valence-electron chi connectivity index (χ3n) is 3.90. The second-order valence-electron chi connectivity index (χ2n) is 5.61. The Morgan fingerprint density at radius 1 is 1.17 bits per heavy atom. The molecule has 0 fully saturated rings. The summed E-state index contributed by atoms with van der Waals surface area (Å²) >= 11 is 6.26. The molecule has 1 atom stereocenters. The zero-order chi connectivity index (χ0) is 16.2. The van der Waals surface area contributed by atoms with E-state index in [0.29, 0.717) is 36.3 Å². The number of aliphatic hydroxyl groups is 1. The van der Waals surface area contributed by atoms with Crippen LogP contribution in [0, 0.1) is 0 Å². The second kappa shape index (κ2) is 7.21. The van der Waals surface area contributed by atoms with E-state index in [2.05, 4.69) is 12.2 Å². The molecular weight excluding hydrogens is 314 g/mol. The summed E-state index contributed by atoms with van der Waals surface area (Å²) in [5.41, 5.74) is 3.10. The maximum absolute atomic E-state index is 9.23. The highest BCUT2D eigenvalue weighted by atomic mass is 35.5. The van der Waals surface area contributed by atoms with Crippen molar-refractivity contribution in [1.29, 1.82) is 0 Å². The van der Waals surface area contributed by atoms with Crippen molar-refractivity contribution in [3.8, 4) is 11.5 Å². The molecule has 122 valence electrons. The fraction of sp³-hybridized carbons (Fsp3) is 0.333. The number of hydrogen-bond acceptors (Lipinski definition) is 4. The van der Waals surface area contributed by atoms with Crippen molar-refractivity contribution in [3.63, 3.8) is 0 Å². The number of rotatable bonds is 5. The SMILES string of the molecule is CC(NCc1cc(Cl)c2c(c1)OCCO2)c1cccc(CO)c1. The molecule has 5 heteroatoms. The maximum atomic E-state index is 9.23. The predicted octanol–water partition coefficient (Wildman–Crippen LogP) is 3.45. The molecule has 0 spiro atoms. The fourth-order valence-electron chi connectivity index (χ4n) is 2.62. The fourth-order valence-corrected chi connectivity index (χ4v) is 2.90. The number of nitrogens with one attached hydrogen (secondary N) is 1. The topological polar surface area (TPSA) is 50.7 Å². The van der Waals surface area contributed by atoms with Crippen molar-refractivity contribution in [2.24, 2.45) is 0 Å². The highest BCUT2D eigenvalue weighted by molar-refractivity contribution is 6.32. The standard InChI is InChI=1S/C18H20ClNO3/c1-12(15-4-2-3-13(7-15)11-21)20-10-14-8-16(19)18-17(9-14)22-5-6-23-18/h2-4,7-9,12,20-21H,5-6,10-11H2,1H3. The number of ether oxygens (including phenoxy) is 2. The quantitative estimate of drug-likeness (QED) is 0.880. The van der Waals surface area contributed by atoms with Gasteiger partial charge in [0.05, 0.1) is 11.6 Å². The molecule has 0 amide bonds. The summed E-state index contributed by atoms with van der Waals surface area (Å²) in [6.45, 7) is 3.89. The van der Waals surface area contributed by atoms with Gasteiger partial charge in [0.15, 0.2) is 11.5 Å². The van der Waals surface area contributed by atoms with Gasteiger partial charge in [0.2, 0.25) is 0 Å². The average molecular weight is 334 g/mol. The summed E-state index contributed by atoms with van der Waals surface area (Å²) in [4.78, 5) is 0. The van der Waals surface area contributed by atoms with Gasteiger partial charge in [-0.25, -0.2) is 0 Å². The summed E-state index contributed by atoms with van der Waals surface area (Å²) in [6.07, 6.45) is 0. The van der Waals surface area contributed by atoms with E-state index in [1.54, 1.807) is 0 Å². The Labute approximate surface area is 141 Å². The Balaban J connectivity index is 1.69. The molecule has 2 aromatic rings. The van der Waals surface area contributed by atoms with Gasteiger partial charge < -0.3 is 19.9 Å². The van der Waals surface area contributed by atoms with Crippen LogP contribution < -0.4 is 14.8 Å². The van der Waals surface area contributed by atoms with Crippen molar-refractivity contribution in [3.05, 3.63) is 58.1 Å². The second-order valence-corrected chi connectivity index (χ2v) is 6.01. The lowest BCUT2D eigenvalue weighted by Crippen LogP contribution is -2.19. The molecule has 3 rings (SSSR count). The molecule has 1 heterocycles. The van der Waals surface area contributed by atoms with Crippen LogP contribution in [0.25, 0.3) is 0 Å². The minimum atomic E-state index is 0.0539. The highest BCUT2D eigenvalue weighted by Gasteiger charge is 2.17. The third kappa shape index (κ3) is 3.78. The smallest absolute Gasteiger partial charge is 0.179 e. The molecule has 0 aromatic heterocycles. The first-order valence-corrected chi connectivity index (χ1v) is 8.06. The summed E-state index contributed by atoms with van der Waals surface area (Å²) in [6, 6.07) is 12.0. The number of halogens is 1. The Kier molecular flexibility index (Phi) is 5.06. The van der Waals surface area contributed by atoms with Crippen molar-refractivity contribution in [2.45, 2.75) is 26.1 Å². The Hall–Kier alpha value is -1.75. The van der Waals surface area contributed by atoms with Gasteiger partial charge in [-0.1, -0.05) is 35.9 Å². The molecule has 2 aromatic carbocycles. The minimum Gasteiger partial charge on any atom is -0.486 e. The van der Waals surface area contributed by atoms with Gasteiger partial charge in [-0.05, 0) is 35.7 Å². The van der Waals surface area contributed by atoms with Crippen LogP contribution in [0.1, 0.15) is 29.7 Å². The monoisotopic (exact) mass is 333 g/mol. The molecule has 0 radical (unpaired) electrons. The average Bonchev–Trinajstić information content (AvgIpc) is 2.60. The zero-order valence-electron chi connectivity index (χ0n) is 13.0. The summed E-state index contributed by atoms with van der Waals surface area (Å²) in [5.74, 6) is 1.33. The molecular formula is C18H20ClNO3. The van der Waals surface area contributed by atoms with E-state index in [-0.39, 0.29) is 12.6 Å². The van der Waals surface area contributed by atoms with Crippen molar-refractivity contribution in [1.82, 2.24) is 5.32 Å². The van der Waals surface area contributed by atoms with Gasteiger partial charge in [0.25, 0.3) is 0 Å². The normalized spacial score (nSPS) is 14.6. The number of hydrogen-bond donors (Lipinski definition) is 2. The molecule has 0 saturated carbocycles. The van der Waals surface area contributed by atoms with Gasteiger partial charge in [-0.3, -0.25) is 0 Å². The van der Waals surface area contributed by atoms with Crippen LogP contribution in [-0.2, 0) is 13.2 Å². The van der Waals surface area contributed by atoms with E-state index in [1.165, 1.54) is 0 Å².